The Bertz CT molecular complexity index is 941. The number of aromatic hydroxyl groups is 1. The number of benzene rings is 3. The van der Waals surface area contributed by atoms with Gasteiger partial charge in [-0.2, -0.15) is 0 Å². The molecule has 0 saturated heterocycles. The number of phenols is 1. The van der Waals surface area contributed by atoms with E-state index >= 15 is 0 Å². The lowest BCUT2D eigenvalue weighted by Gasteiger charge is -2.03. The molecular formula is C16H10FN3O3. The first kappa shape index (κ1) is 14.6. The number of non-ortho nitro benzene ring substituents is 1. The van der Waals surface area contributed by atoms with E-state index in [4.69, 9.17) is 0 Å². The van der Waals surface area contributed by atoms with Gasteiger partial charge in [0, 0.05) is 22.9 Å². The lowest BCUT2D eigenvalue weighted by atomic mass is 10.1. The second-order valence-corrected chi connectivity index (χ2v) is 4.74. The van der Waals surface area contributed by atoms with E-state index < -0.39 is 10.7 Å². The lowest BCUT2D eigenvalue weighted by molar-refractivity contribution is -0.384. The maximum Gasteiger partial charge on any atom is 0.271 e. The van der Waals surface area contributed by atoms with Crippen LogP contribution < -0.4 is 0 Å². The van der Waals surface area contributed by atoms with Crippen LogP contribution in [-0.2, 0) is 0 Å². The van der Waals surface area contributed by atoms with E-state index in [-0.39, 0.29) is 17.1 Å². The summed E-state index contributed by atoms with van der Waals surface area (Å²) >= 11 is 0. The Kier molecular flexibility index (Phi) is 3.68. The van der Waals surface area contributed by atoms with Gasteiger partial charge >= 0.3 is 0 Å². The first-order chi connectivity index (χ1) is 11.1. The number of fused-ring (bicyclic) bond motifs is 1. The Hall–Kier alpha value is -3.35. The number of azo groups is 1. The van der Waals surface area contributed by atoms with Gasteiger partial charge in [-0.05, 0) is 18.2 Å². The van der Waals surface area contributed by atoms with E-state index in [0.717, 1.165) is 18.2 Å². The highest BCUT2D eigenvalue weighted by atomic mass is 19.1. The Morgan fingerprint density at radius 1 is 0.957 bits per heavy atom. The normalized spacial score (nSPS) is 11.2. The number of halogens is 1. The summed E-state index contributed by atoms with van der Waals surface area (Å²) in [6, 6.07) is 13.0. The van der Waals surface area contributed by atoms with Crippen LogP contribution in [0.1, 0.15) is 0 Å². The largest absolute Gasteiger partial charge is 0.507 e. The third kappa shape index (κ3) is 2.84. The van der Waals surface area contributed by atoms with E-state index in [1.807, 2.05) is 0 Å². The van der Waals surface area contributed by atoms with Crippen LogP contribution >= 0.6 is 0 Å². The molecule has 0 aliphatic heterocycles. The van der Waals surface area contributed by atoms with Crippen LogP contribution in [0.15, 0.2) is 64.8 Å². The van der Waals surface area contributed by atoms with Gasteiger partial charge in [-0.15, -0.1) is 10.2 Å². The highest BCUT2D eigenvalue weighted by molar-refractivity contribution is 5.96. The van der Waals surface area contributed by atoms with Gasteiger partial charge in [-0.25, -0.2) is 4.39 Å². The molecule has 0 spiro atoms. The van der Waals surface area contributed by atoms with E-state index in [1.54, 1.807) is 24.3 Å². The zero-order valence-electron chi connectivity index (χ0n) is 11.7. The number of nitro groups is 1. The van der Waals surface area contributed by atoms with Gasteiger partial charge in [0.1, 0.15) is 11.4 Å². The van der Waals surface area contributed by atoms with Crippen molar-refractivity contribution in [3.05, 3.63) is 70.5 Å². The fraction of sp³-hybridized carbons (Fsp3) is 0. The van der Waals surface area contributed by atoms with Gasteiger partial charge in [-0.1, -0.05) is 24.3 Å². The molecule has 0 aliphatic rings. The maximum absolute atomic E-state index is 13.7. The summed E-state index contributed by atoms with van der Waals surface area (Å²) in [5, 5.41) is 29.5. The number of hydrogen-bond donors (Lipinski definition) is 1. The third-order valence-electron chi connectivity index (χ3n) is 3.28. The summed E-state index contributed by atoms with van der Waals surface area (Å²) < 4.78 is 13.7. The molecule has 3 aromatic rings. The number of nitrogens with zero attached hydrogens (tertiary/aromatic N) is 3. The van der Waals surface area contributed by atoms with Crippen molar-refractivity contribution >= 4 is 27.8 Å². The summed E-state index contributed by atoms with van der Waals surface area (Å²) in [6.07, 6.45) is 0. The van der Waals surface area contributed by atoms with E-state index in [0.29, 0.717) is 16.5 Å². The van der Waals surface area contributed by atoms with Crippen molar-refractivity contribution < 1.29 is 14.4 Å². The average molecular weight is 311 g/mol. The van der Waals surface area contributed by atoms with Crippen molar-refractivity contribution in [1.82, 2.24) is 0 Å². The molecule has 0 unspecified atom stereocenters. The molecule has 1 N–H and O–H groups in total. The molecule has 3 rings (SSSR count). The molecule has 0 bridgehead atoms. The molecule has 7 heteroatoms. The fourth-order valence-electron chi connectivity index (χ4n) is 2.15. The van der Waals surface area contributed by atoms with Gasteiger partial charge in [0.2, 0.25) is 0 Å². The molecule has 0 amide bonds. The molecular weight excluding hydrogens is 301 g/mol. The smallest absolute Gasteiger partial charge is 0.271 e. The molecule has 0 atom stereocenters. The lowest BCUT2D eigenvalue weighted by Crippen LogP contribution is -1.87. The molecule has 6 nitrogen and oxygen atoms in total. The summed E-state index contributed by atoms with van der Waals surface area (Å²) in [5.41, 5.74) is -0.0726. The van der Waals surface area contributed by atoms with Crippen LogP contribution in [-0.4, -0.2) is 10.0 Å². The fourth-order valence-corrected chi connectivity index (χ4v) is 2.15. The van der Waals surface area contributed by atoms with Crippen LogP contribution in [0.2, 0.25) is 0 Å². The minimum absolute atomic E-state index is 0.0982. The predicted molar refractivity (Wildman–Crippen MR) is 82.8 cm³/mol. The van der Waals surface area contributed by atoms with Crippen LogP contribution in [0.5, 0.6) is 5.75 Å². The molecule has 0 aliphatic carbocycles. The molecule has 0 aromatic heterocycles. The summed E-state index contributed by atoms with van der Waals surface area (Å²) in [7, 11) is 0. The number of nitro benzene ring substituents is 1. The van der Waals surface area contributed by atoms with Gasteiger partial charge < -0.3 is 5.11 Å². The standard InChI is InChI=1S/C16H10FN3O3/c17-13-6-5-10(20(22)23)9-15(13)19-18-14-7-8-16(21)12-4-2-1-3-11(12)14/h1-9,21H. The zero-order valence-corrected chi connectivity index (χ0v) is 11.7. The van der Waals surface area contributed by atoms with E-state index in [1.165, 1.54) is 12.1 Å². The highest BCUT2D eigenvalue weighted by Crippen LogP contribution is 2.34. The van der Waals surface area contributed by atoms with Crippen molar-refractivity contribution in [2.45, 2.75) is 0 Å². The van der Waals surface area contributed by atoms with Crippen LogP contribution in [0, 0.1) is 15.9 Å². The first-order valence-electron chi connectivity index (χ1n) is 6.62. The van der Waals surface area contributed by atoms with Crippen molar-refractivity contribution in [3.63, 3.8) is 0 Å². The second-order valence-electron chi connectivity index (χ2n) is 4.74. The van der Waals surface area contributed by atoms with Crippen LogP contribution in [0.25, 0.3) is 10.8 Å². The average Bonchev–Trinajstić information content (AvgIpc) is 2.55. The van der Waals surface area contributed by atoms with Crippen LogP contribution in [0.3, 0.4) is 0 Å². The van der Waals surface area contributed by atoms with Crippen molar-refractivity contribution in [2.75, 3.05) is 0 Å². The Morgan fingerprint density at radius 2 is 1.65 bits per heavy atom. The minimum Gasteiger partial charge on any atom is -0.507 e. The Morgan fingerprint density at radius 3 is 2.39 bits per heavy atom. The number of phenolic OH excluding ortho intramolecular Hbond substituents is 1. The van der Waals surface area contributed by atoms with Gasteiger partial charge in [0.15, 0.2) is 5.82 Å². The Labute approximate surface area is 129 Å². The molecule has 0 fully saturated rings. The highest BCUT2D eigenvalue weighted by Gasteiger charge is 2.11. The van der Waals surface area contributed by atoms with Crippen molar-refractivity contribution in [2.24, 2.45) is 10.2 Å². The molecule has 0 radical (unpaired) electrons. The van der Waals surface area contributed by atoms with E-state index in [9.17, 15) is 19.6 Å². The van der Waals surface area contributed by atoms with Gasteiger partial charge in [0.05, 0.1) is 10.6 Å². The maximum atomic E-state index is 13.7. The van der Waals surface area contributed by atoms with Crippen LogP contribution in [0.4, 0.5) is 21.5 Å². The van der Waals surface area contributed by atoms with Crippen molar-refractivity contribution in [3.8, 4) is 5.75 Å². The first-order valence-corrected chi connectivity index (χ1v) is 6.62. The summed E-state index contributed by atoms with van der Waals surface area (Å²) in [5.74, 6) is -0.608. The minimum atomic E-state index is -0.706. The topological polar surface area (TPSA) is 88.1 Å². The summed E-state index contributed by atoms with van der Waals surface area (Å²) in [4.78, 5) is 10.1. The number of hydrogen-bond acceptors (Lipinski definition) is 5. The zero-order chi connectivity index (χ0) is 16.4. The quantitative estimate of drug-likeness (QED) is 0.419. The summed E-state index contributed by atoms with van der Waals surface area (Å²) in [6.45, 7) is 0. The second kappa shape index (κ2) is 5.80. The molecule has 3 aromatic carbocycles. The SMILES string of the molecule is O=[N+]([O-])c1ccc(F)c(N=Nc2ccc(O)c3ccccc23)c1. The molecule has 114 valence electrons. The van der Waals surface area contributed by atoms with Crippen molar-refractivity contribution in [1.29, 1.82) is 0 Å². The molecule has 23 heavy (non-hydrogen) atoms. The number of rotatable bonds is 3. The molecule has 0 saturated carbocycles. The van der Waals surface area contributed by atoms with Gasteiger partial charge in [0.25, 0.3) is 5.69 Å². The van der Waals surface area contributed by atoms with E-state index in [2.05, 4.69) is 10.2 Å². The predicted octanol–water partition coefficient (Wildman–Crippen LogP) is 5.01. The third-order valence-corrected chi connectivity index (χ3v) is 3.28. The Balaban J connectivity index is 2.06. The monoisotopic (exact) mass is 311 g/mol. The van der Waals surface area contributed by atoms with Gasteiger partial charge in [-0.3, -0.25) is 10.1 Å². The molecule has 0 heterocycles.